The van der Waals surface area contributed by atoms with Crippen molar-refractivity contribution in [1.82, 2.24) is 0 Å². The maximum Gasteiger partial charge on any atom is 0.318 e. The number of aliphatic hydroxyl groups is 2. The highest BCUT2D eigenvalue weighted by Gasteiger charge is 2.49. The molecule has 0 aromatic heterocycles. The fourth-order valence-corrected chi connectivity index (χ4v) is 6.07. The summed E-state index contributed by atoms with van der Waals surface area (Å²) in [7, 11) is 1.58. The van der Waals surface area contributed by atoms with Gasteiger partial charge in [0.25, 0.3) is 0 Å². The van der Waals surface area contributed by atoms with Crippen LogP contribution < -0.4 is 4.74 Å². The number of hydrogen-bond acceptors (Lipinski definition) is 6. The maximum atomic E-state index is 13.6. The summed E-state index contributed by atoms with van der Waals surface area (Å²) in [4.78, 5) is 21.6. The van der Waals surface area contributed by atoms with Crippen LogP contribution in [0.5, 0.6) is 5.75 Å². The van der Waals surface area contributed by atoms with E-state index in [9.17, 15) is 15.0 Å². The highest BCUT2D eigenvalue weighted by atomic mass is 16.5. The van der Waals surface area contributed by atoms with Gasteiger partial charge in [-0.15, -0.1) is 0 Å². The molecule has 0 radical (unpaired) electrons. The Morgan fingerprint density at radius 1 is 0.846 bits per heavy atom. The number of ether oxygens (including phenoxy) is 2. The van der Waals surface area contributed by atoms with Crippen molar-refractivity contribution in [2.75, 3.05) is 7.11 Å². The van der Waals surface area contributed by atoms with E-state index < -0.39 is 12.0 Å². The Hall–Kier alpha value is -4.26. The van der Waals surface area contributed by atoms with Crippen molar-refractivity contribution in [3.63, 3.8) is 0 Å². The zero-order valence-corrected chi connectivity index (χ0v) is 21.9. The van der Waals surface area contributed by atoms with Crippen molar-refractivity contribution in [3.8, 4) is 16.9 Å². The largest absolute Gasteiger partial charge is 0.496 e. The summed E-state index contributed by atoms with van der Waals surface area (Å²) in [5.74, 6) is -0.780. The van der Waals surface area contributed by atoms with Gasteiger partial charge in [-0.1, -0.05) is 72.3 Å². The second-order valence-electron chi connectivity index (χ2n) is 9.80. The van der Waals surface area contributed by atoms with Crippen molar-refractivity contribution in [2.24, 2.45) is 0 Å². The molecule has 1 aliphatic carbocycles. The van der Waals surface area contributed by atoms with E-state index in [4.69, 9.17) is 14.3 Å². The highest BCUT2D eigenvalue weighted by Crippen LogP contribution is 2.56. The summed E-state index contributed by atoms with van der Waals surface area (Å²) < 4.78 is 11.9. The summed E-state index contributed by atoms with van der Waals surface area (Å²) in [5, 5.41) is 20.4. The van der Waals surface area contributed by atoms with Crippen LogP contribution in [0.25, 0.3) is 11.1 Å². The summed E-state index contributed by atoms with van der Waals surface area (Å²) in [6.07, 6.45) is -0.629. The lowest BCUT2D eigenvalue weighted by atomic mass is 9.80. The quantitative estimate of drug-likeness (QED) is 0.344. The van der Waals surface area contributed by atoms with Crippen LogP contribution >= 0.6 is 0 Å². The molecular weight excluding hydrogens is 492 g/mol. The number of carbonyl (C=O) groups excluding carboxylic acids is 2. The molecule has 0 unspecified atom stereocenters. The first-order chi connectivity index (χ1) is 19.0. The standard InChI is InChI=1S/C32H28O5.CH2O/c1-18-12-23(17-34)27-24(13-18)30-29-25(14-19(16-33)15-26(29)36-2)31(37-32(30)35)28(27)22-10-8-21(9-11-22)20-6-4-3-5-7-20;1-2/h3-15,28,30-31,33-34H,16-17H2,1-2H3;1H2/t28-,30+,31+;/m1./s1. The topological polar surface area (TPSA) is 93.1 Å². The molecule has 0 saturated heterocycles. The van der Waals surface area contributed by atoms with Gasteiger partial charge in [0.1, 0.15) is 24.6 Å². The number of esters is 1. The second-order valence-corrected chi connectivity index (χ2v) is 9.80. The van der Waals surface area contributed by atoms with Crippen LogP contribution in [-0.4, -0.2) is 30.1 Å². The van der Waals surface area contributed by atoms with E-state index in [2.05, 4.69) is 36.4 Å². The predicted molar refractivity (Wildman–Crippen MR) is 148 cm³/mol. The molecule has 1 aliphatic heterocycles. The molecule has 2 aliphatic rings. The van der Waals surface area contributed by atoms with Crippen LogP contribution in [0.15, 0.2) is 78.9 Å². The van der Waals surface area contributed by atoms with Crippen molar-refractivity contribution >= 4 is 12.8 Å². The monoisotopic (exact) mass is 522 g/mol. The van der Waals surface area contributed by atoms with Crippen molar-refractivity contribution in [1.29, 1.82) is 0 Å². The van der Waals surface area contributed by atoms with E-state index in [-0.39, 0.29) is 25.1 Å². The molecule has 39 heavy (non-hydrogen) atoms. The van der Waals surface area contributed by atoms with E-state index in [1.807, 2.05) is 50.1 Å². The Labute approximate surface area is 227 Å². The molecule has 6 heteroatoms. The summed E-state index contributed by atoms with van der Waals surface area (Å²) in [6.45, 7) is 3.67. The first kappa shape index (κ1) is 26.4. The SMILES string of the molecule is C=O.COc1cc(CO)cc2c1[C@H]1C(=O)O[C@@H]2[C@H](c2ccc(-c3ccccc3)cc2)c2c(CO)cc(C)cc21. The molecule has 2 bridgehead atoms. The van der Waals surface area contributed by atoms with Gasteiger partial charge in [0.15, 0.2) is 0 Å². The van der Waals surface area contributed by atoms with Gasteiger partial charge in [0, 0.05) is 11.1 Å². The number of aliphatic hydroxyl groups excluding tert-OH is 2. The van der Waals surface area contributed by atoms with Gasteiger partial charge in [0.05, 0.1) is 26.2 Å². The van der Waals surface area contributed by atoms with Crippen LogP contribution in [0.3, 0.4) is 0 Å². The van der Waals surface area contributed by atoms with Gasteiger partial charge >= 0.3 is 5.97 Å². The van der Waals surface area contributed by atoms with Crippen LogP contribution in [0.2, 0.25) is 0 Å². The Bertz CT molecular complexity index is 1510. The molecule has 0 amide bonds. The van der Waals surface area contributed by atoms with Gasteiger partial charge < -0.3 is 24.5 Å². The zero-order chi connectivity index (χ0) is 27.7. The van der Waals surface area contributed by atoms with Crippen LogP contribution in [-0.2, 0) is 27.5 Å². The smallest absolute Gasteiger partial charge is 0.318 e. The molecule has 4 aromatic carbocycles. The molecule has 2 N–H and O–H groups in total. The first-order valence-electron chi connectivity index (χ1n) is 12.7. The van der Waals surface area contributed by atoms with E-state index in [1.165, 1.54) is 0 Å². The third kappa shape index (κ3) is 4.42. The molecule has 0 spiro atoms. The zero-order valence-electron chi connectivity index (χ0n) is 21.9. The van der Waals surface area contributed by atoms with Crippen LogP contribution in [0, 0.1) is 6.92 Å². The van der Waals surface area contributed by atoms with Crippen molar-refractivity contribution < 1.29 is 29.3 Å². The van der Waals surface area contributed by atoms with Gasteiger partial charge in [0.2, 0.25) is 0 Å². The van der Waals surface area contributed by atoms with Crippen LogP contribution in [0.1, 0.15) is 62.4 Å². The van der Waals surface area contributed by atoms with Crippen LogP contribution in [0.4, 0.5) is 0 Å². The third-order valence-electron chi connectivity index (χ3n) is 7.62. The van der Waals surface area contributed by atoms with E-state index >= 15 is 0 Å². The molecule has 0 saturated carbocycles. The first-order valence-corrected chi connectivity index (χ1v) is 12.7. The number of hydrogen-bond donors (Lipinski definition) is 2. The number of benzene rings is 4. The lowest BCUT2D eigenvalue weighted by molar-refractivity contribution is -0.152. The molecule has 198 valence electrons. The lowest BCUT2D eigenvalue weighted by Gasteiger charge is -2.32. The van der Waals surface area contributed by atoms with Gasteiger partial charge in [-0.2, -0.15) is 0 Å². The molecule has 6 nitrogen and oxygen atoms in total. The Morgan fingerprint density at radius 3 is 2.18 bits per heavy atom. The summed E-state index contributed by atoms with van der Waals surface area (Å²) in [6, 6.07) is 26.2. The van der Waals surface area contributed by atoms with Gasteiger partial charge in [-0.25, -0.2) is 0 Å². The number of fused-ring (bicyclic) bond motifs is 2. The Kier molecular flexibility index (Phi) is 7.33. The second kappa shape index (κ2) is 10.8. The number of methoxy groups -OCH3 is 1. The molecule has 4 aromatic rings. The molecule has 3 atom stereocenters. The van der Waals surface area contributed by atoms with Crippen molar-refractivity contribution in [3.05, 3.63) is 123 Å². The van der Waals surface area contributed by atoms with E-state index in [0.717, 1.165) is 50.1 Å². The Morgan fingerprint density at radius 2 is 1.54 bits per heavy atom. The minimum Gasteiger partial charge on any atom is -0.496 e. The number of rotatable bonds is 5. The average molecular weight is 523 g/mol. The molecule has 0 fully saturated rings. The Balaban J connectivity index is 0.00000151. The lowest BCUT2D eigenvalue weighted by Crippen LogP contribution is -2.27. The highest BCUT2D eigenvalue weighted by molar-refractivity contribution is 5.88. The van der Waals surface area contributed by atoms with Crippen molar-refractivity contribution in [2.45, 2.75) is 38.1 Å². The fraction of sp³-hybridized carbons (Fsp3) is 0.212. The third-order valence-corrected chi connectivity index (χ3v) is 7.62. The summed E-state index contributed by atoms with van der Waals surface area (Å²) >= 11 is 0. The van der Waals surface area contributed by atoms with Gasteiger partial charge in [-0.05, 0) is 58.0 Å². The summed E-state index contributed by atoms with van der Waals surface area (Å²) in [5.41, 5.74) is 9.02. The molecule has 6 rings (SSSR count). The minimum atomic E-state index is -0.678. The maximum absolute atomic E-state index is 13.6. The minimum absolute atomic E-state index is 0.147. The number of carbonyl (C=O) groups is 2. The normalized spacial score (nSPS) is 18.7. The fourth-order valence-electron chi connectivity index (χ4n) is 6.07. The van der Waals surface area contributed by atoms with E-state index in [1.54, 1.807) is 13.2 Å². The van der Waals surface area contributed by atoms with Gasteiger partial charge in [-0.3, -0.25) is 4.79 Å². The number of aryl methyl sites for hydroxylation is 1. The predicted octanol–water partition coefficient (Wildman–Crippen LogP) is 5.35. The van der Waals surface area contributed by atoms with E-state index in [0.29, 0.717) is 11.3 Å². The molecule has 1 heterocycles. The molecular formula is C33H30O6. The average Bonchev–Trinajstić information content (AvgIpc) is 3.18.